The fourth-order valence-corrected chi connectivity index (χ4v) is 2.29. The number of alkyl halides is 4. The van der Waals surface area contributed by atoms with Crippen molar-refractivity contribution in [1.82, 2.24) is 14.6 Å². The van der Waals surface area contributed by atoms with E-state index in [9.17, 15) is 22.4 Å². The average Bonchev–Trinajstić information content (AvgIpc) is 3.05. The Hall–Kier alpha value is -3.17. The Morgan fingerprint density at radius 1 is 1.15 bits per heavy atom. The summed E-state index contributed by atoms with van der Waals surface area (Å²) < 4.78 is 57.6. The molecule has 0 bridgehead atoms. The van der Waals surface area contributed by atoms with Crippen molar-refractivity contribution in [1.29, 1.82) is 0 Å². The molecule has 0 fully saturated rings. The summed E-state index contributed by atoms with van der Waals surface area (Å²) in [5, 5.41) is 6.28. The summed E-state index contributed by atoms with van der Waals surface area (Å²) in [6, 6.07) is 8.08. The van der Waals surface area contributed by atoms with Crippen molar-refractivity contribution in [2.75, 3.05) is 12.4 Å². The van der Waals surface area contributed by atoms with Crippen molar-refractivity contribution < 1.29 is 27.1 Å². The van der Waals surface area contributed by atoms with Crippen LogP contribution in [0.15, 0.2) is 36.4 Å². The molecule has 0 unspecified atom stereocenters. The van der Waals surface area contributed by atoms with E-state index < -0.39 is 30.1 Å². The molecule has 10 heteroatoms. The molecule has 0 spiro atoms. The SMILES string of the molecule is COc1cccc(NC(=O)c2cc3nc(C(F)F)cc(C(F)F)n3n2)c1. The van der Waals surface area contributed by atoms with E-state index in [1.54, 1.807) is 24.3 Å². The lowest BCUT2D eigenvalue weighted by Gasteiger charge is -2.06. The number of halogens is 4. The summed E-state index contributed by atoms with van der Waals surface area (Å²) in [6.45, 7) is 0. The van der Waals surface area contributed by atoms with E-state index in [0.29, 0.717) is 22.0 Å². The summed E-state index contributed by atoms with van der Waals surface area (Å²) in [6.07, 6.45) is -6.09. The second kappa shape index (κ2) is 6.98. The Morgan fingerprint density at radius 2 is 1.92 bits per heavy atom. The minimum absolute atomic E-state index is 0.242. The van der Waals surface area contributed by atoms with Crippen LogP contribution in [0.4, 0.5) is 23.2 Å². The summed E-state index contributed by atoms with van der Waals surface area (Å²) in [5.74, 6) is -0.205. The van der Waals surface area contributed by atoms with Gasteiger partial charge in [-0.1, -0.05) is 6.07 Å². The number of fused-ring (bicyclic) bond motifs is 1. The maximum Gasteiger partial charge on any atom is 0.280 e. The highest BCUT2D eigenvalue weighted by molar-refractivity contribution is 6.03. The largest absolute Gasteiger partial charge is 0.497 e. The van der Waals surface area contributed by atoms with Crippen molar-refractivity contribution in [2.45, 2.75) is 12.9 Å². The van der Waals surface area contributed by atoms with Crippen molar-refractivity contribution in [2.24, 2.45) is 0 Å². The first-order valence-electron chi connectivity index (χ1n) is 7.31. The smallest absolute Gasteiger partial charge is 0.280 e. The normalized spacial score (nSPS) is 11.3. The molecule has 0 saturated heterocycles. The maximum atomic E-state index is 13.1. The van der Waals surface area contributed by atoms with Crippen LogP contribution in [0, 0.1) is 0 Å². The van der Waals surface area contributed by atoms with Gasteiger partial charge in [-0.25, -0.2) is 27.1 Å². The number of ether oxygens (including phenoxy) is 1. The first-order chi connectivity index (χ1) is 12.4. The van der Waals surface area contributed by atoms with Gasteiger partial charge in [-0.3, -0.25) is 4.79 Å². The lowest BCUT2D eigenvalue weighted by molar-refractivity contribution is 0.102. The monoisotopic (exact) mass is 368 g/mol. The number of carbonyl (C=O) groups is 1. The van der Waals surface area contributed by atoms with Gasteiger partial charge < -0.3 is 10.1 Å². The zero-order chi connectivity index (χ0) is 18.8. The van der Waals surface area contributed by atoms with Crippen LogP contribution in [-0.2, 0) is 0 Å². The Kier molecular flexibility index (Phi) is 4.74. The molecule has 0 aliphatic carbocycles. The molecule has 0 radical (unpaired) electrons. The highest BCUT2D eigenvalue weighted by Gasteiger charge is 2.22. The highest BCUT2D eigenvalue weighted by atomic mass is 19.3. The number of hydrogen-bond acceptors (Lipinski definition) is 4. The molecule has 1 amide bonds. The van der Waals surface area contributed by atoms with E-state index in [1.807, 2.05) is 0 Å². The van der Waals surface area contributed by atoms with Gasteiger partial charge >= 0.3 is 0 Å². The third-order valence-electron chi connectivity index (χ3n) is 3.48. The average molecular weight is 368 g/mol. The Morgan fingerprint density at radius 3 is 2.58 bits per heavy atom. The van der Waals surface area contributed by atoms with E-state index in [4.69, 9.17) is 4.74 Å². The molecule has 3 aromatic rings. The summed E-state index contributed by atoms with van der Waals surface area (Å²) >= 11 is 0. The molecule has 1 N–H and O–H groups in total. The molecular formula is C16H12F4N4O2. The van der Waals surface area contributed by atoms with E-state index >= 15 is 0 Å². The van der Waals surface area contributed by atoms with Crippen LogP contribution in [0.2, 0.25) is 0 Å². The van der Waals surface area contributed by atoms with Crippen LogP contribution in [0.5, 0.6) is 5.75 Å². The number of anilines is 1. The van der Waals surface area contributed by atoms with Crippen molar-refractivity contribution in [3.05, 3.63) is 53.5 Å². The summed E-state index contributed by atoms with van der Waals surface area (Å²) in [7, 11) is 1.46. The van der Waals surface area contributed by atoms with Crippen LogP contribution in [0.1, 0.15) is 34.7 Å². The number of carbonyl (C=O) groups excluding carboxylic acids is 1. The number of rotatable bonds is 5. The van der Waals surface area contributed by atoms with Gasteiger partial charge in [0, 0.05) is 17.8 Å². The third-order valence-corrected chi connectivity index (χ3v) is 3.48. The second-order valence-corrected chi connectivity index (χ2v) is 5.19. The van der Waals surface area contributed by atoms with Gasteiger partial charge in [0.05, 0.1) is 7.11 Å². The highest BCUT2D eigenvalue weighted by Crippen LogP contribution is 2.25. The van der Waals surface area contributed by atoms with Crippen LogP contribution in [0.3, 0.4) is 0 Å². The van der Waals surface area contributed by atoms with Crippen molar-refractivity contribution in [3.63, 3.8) is 0 Å². The first kappa shape index (κ1) is 17.6. The maximum absolute atomic E-state index is 13.1. The predicted octanol–water partition coefficient (Wildman–Crippen LogP) is 3.87. The second-order valence-electron chi connectivity index (χ2n) is 5.19. The Bertz CT molecular complexity index is 959. The minimum atomic E-state index is -3.06. The van der Waals surface area contributed by atoms with E-state index in [1.165, 1.54) is 7.11 Å². The van der Waals surface area contributed by atoms with Crippen LogP contribution in [-0.4, -0.2) is 27.6 Å². The fourth-order valence-electron chi connectivity index (χ4n) is 2.29. The van der Waals surface area contributed by atoms with Gasteiger partial charge in [0.1, 0.15) is 17.1 Å². The minimum Gasteiger partial charge on any atom is -0.497 e. The van der Waals surface area contributed by atoms with Gasteiger partial charge in [0.2, 0.25) is 0 Å². The predicted molar refractivity (Wildman–Crippen MR) is 83.8 cm³/mol. The van der Waals surface area contributed by atoms with E-state index in [2.05, 4.69) is 15.4 Å². The number of methoxy groups -OCH3 is 1. The van der Waals surface area contributed by atoms with Gasteiger partial charge in [0.25, 0.3) is 18.8 Å². The molecule has 0 aliphatic heterocycles. The van der Waals surface area contributed by atoms with E-state index in [-0.39, 0.29) is 11.3 Å². The molecule has 2 aromatic heterocycles. The standard InChI is InChI=1S/C16H12F4N4O2/c1-26-9-4-2-3-8(5-9)21-16(25)11-7-13-22-10(14(17)18)6-12(15(19)20)24(13)23-11/h2-7,14-15H,1H3,(H,21,25). The lowest BCUT2D eigenvalue weighted by atomic mass is 10.3. The molecule has 0 aliphatic rings. The van der Waals surface area contributed by atoms with Gasteiger partial charge in [-0.05, 0) is 18.2 Å². The summed E-state index contributed by atoms with van der Waals surface area (Å²) in [4.78, 5) is 15.9. The quantitative estimate of drug-likeness (QED) is 0.695. The number of benzene rings is 1. The van der Waals surface area contributed by atoms with E-state index in [0.717, 1.165) is 6.07 Å². The van der Waals surface area contributed by atoms with Crippen LogP contribution >= 0.6 is 0 Å². The number of aromatic nitrogens is 3. The zero-order valence-electron chi connectivity index (χ0n) is 13.3. The summed E-state index contributed by atoms with van der Waals surface area (Å²) in [5.41, 5.74) is -1.71. The number of nitrogens with zero attached hydrogens (tertiary/aromatic N) is 3. The van der Waals surface area contributed by atoms with Crippen molar-refractivity contribution in [3.8, 4) is 5.75 Å². The fraction of sp³-hybridized carbons (Fsp3) is 0.188. The van der Waals surface area contributed by atoms with Gasteiger partial charge in [-0.15, -0.1) is 0 Å². The lowest BCUT2D eigenvalue weighted by Crippen LogP contribution is -2.13. The molecule has 0 saturated carbocycles. The molecule has 2 heterocycles. The van der Waals surface area contributed by atoms with Gasteiger partial charge in [-0.2, -0.15) is 5.10 Å². The molecule has 0 atom stereocenters. The van der Waals surface area contributed by atoms with Gasteiger partial charge in [0.15, 0.2) is 11.3 Å². The molecular weight excluding hydrogens is 356 g/mol. The van der Waals surface area contributed by atoms with Crippen LogP contribution in [0.25, 0.3) is 5.65 Å². The topological polar surface area (TPSA) is 68.5 Å². The van der Waals surface area contributed by atoms with Crippen molar-refractivity contribution >= 4 is 17.2 Å². The number of nitrogens with one attached hydrogen (secondary N) is 1. The van der Waals surface area contributed by atoms with Crippen LogP contribution < -0.4 is 10.1 Å². The number of amides is 1. The Labute approximate surface area is 144 Å². The third kappa shape index (κ3) is 3.44. The Balaban J connectivity index is 1.97. The molecule has 6 nitrogen and oxygen atoms in total. The molecule has 1 aromatic carbocycles. The first-order valence-corrected chi connectivity index (χ1v) is 7.31. The molecule has 26 heavy (non-hydrogen) atoms. The zero-order valence-corrected chi connectivity index (χ0v) is 13.3. The number of hydrogen-bond donors (Lipinski definition) is 1. The molecule has 3 rings (SSSR count). The molecule has 136 valence electrons.